The highest BCUT2D eigenvalue weighted by Gasteiger charge is 2.47. The smallest absolute Gasteiger partial charge is 0.164 e. The van der Waals surface area contributed by atoms with Crippen LogP contribution in [0.25, 0.3) is 0 Å². The van der Waals surface area contributed by atoms with Crippen molar-refractivity contribution in [1.82, 2.24) is 0 Å². The van der Waals surface area contributed by atoms with Crippen LogP contribution in [-0.2, 0) is 6.16 Å². The molecule has 0 aliphatic carbocycles. The van der Waals surface area contributed by atoms with Gasteiger partial charge in [0.1, 0.15) is 35.1 Å². The van der Waals surface area contributed by atoms with Gasteiger partial charge in [0.25, 0.3) is 0 Å². The molecule has 1 heterocycles. The van der Waals surface area contributed by atoms with Crippen LogP contribution in [0.15, 0.2) is 95.4 Å². The molecule has 4 rings (SSSR count). The first kappa shape index (κ1) is 21.9. The topological polar surface area (TPSA) is 47.3 Å². The third-order valence-corrected chi connectivity index (χ3v) is 10.1. The lowest BCUT2D eigenvalue weighted by Crippen LogP contribution is -2.32. The van der Waals surface area contributed by atoms with Crippen molar-refractivity contribution in [2.75, 3.05) is 0 Å². The molecule has 0 amide bonds. The molecule has 0 spiro atoms. The molecule has 0 aliphatic heterocycles. The standard InChI is InChI=1S/C28H26O3P/c1-20(29)27-22(3)31-26(28(27)21(2)30)19-32(23-13-7-4-8-14-23,24-15-9-5-10-16-24)25-17-11-6-12-18-25/h4-18H,19H2,1-3H3/q+1. The summed E-state index contributed by atoms with van der Waals surface area (Å²) < 4.78 is 6.17. The fourth-order valence-electron chi connectivity index (χ4n) is 4.49. The molecule has 1 aromatic heterocycles. The minimum atomic E-state index is -2.24. The van der Waals surface area contributed by atoms with Crippen LogP contribution in [0.4, 0.5) is 0 Å². The largest absolute Gasteiger partial charge is 0.461 e. The van der Waals surface area contributed by atoms with Crippen LogP contribution < -0.4 is 15.9 Å². The molecular weight excluding hydrogens is 415 g/mol. The van der Waals surface area contributed by atoms with E-state index in [4.69, 9.17) is 4.42 Å². The van der Waals surface area contributed by atoms with Gasteiger partial charge in [0.05, 0.1) is 11.1 Å². The molecule has 0 atom stereocenters. The summed E-state index contributed by atoms with van der Waals surface area (Å²) in [6.45, 7) is 4.76. The molecule has 3 nitrogen and oxygen atoms in total. The molecule has 4 heteroatoms. The molecule has 0 unspecified atom stereocenters. The molecule has 3 aromatic carbocycles. The number of carbonyl (C=O) groups excluding carboxylic acids is 2. The highest BCUT2D eigenvalue weighted by atomic mass is 31.2. The van der Waals surface area contributed by atoms with E-state index in [9.17, 15) is 9.59 Å². The van der Waals surface area contributed by atoms with Crippen LogP contribution >= 0.6 is 7.26 Å². The van der Waals surface area contributed by atoms with Gasteiger partial charge < -0.3 is 4.42 Å². The molecule has 160 valence electrons. The highest BCUT2D eigenvalue weighted by molar-refractivity contribution is 7.95. The minimum Gasteiger partial charge on any atom is -0.461 e. The zero-order valence-electron chi connectivity index (χ0n) is 18.5. The summed E-state index contributed by atoms with van der Waals surface area (Å²) in [7, 11) is -2.24. The predicted octanol–water partition coefficient (Wildman–Crippen LogP) is 5.49. The number of Topliss-reactive ketones (excluding diaryl/α,β-unsaturated/α-hetero) is 2. The summed E-state index contributed by atoms with van der Waals surface area (Å²) in [5, 5.41) is 3.60. The maximum atomic E-state index is 12.7. The molecule has 32 heavy (non-hydrogen) atoms. The van der Waals surface area contributed by atoms with Crippen molar-refractivity contribution in [3.8, 4) is 0 Å². The lowest BCUT2D eigenvalue weighted by atomic mass is 10.0. The average Bonchev–Trinajstić information content (AvgIpc) is 3.15. The normalized spacial score (nSPS) is 11.3. The first-order valence-corrected chi connectivity index (χ1v) is 12.6. The summed E-state index contributed by atoms with van der Waals surface area (Å²) in [6.07, 6.45) is 0.522. The average molecular weight is 441 g/mol. The Kier molecular flexibility index (Phi) is 6.21. The van der Waals surface area contributed by atoms with E-state index in [2.05, 4.69) is 72.8 Å². The second-order valence-electron chi connectivity index (χ2n) is 7.92. The third kappa shape index (κ3) is 3.85. The van der Waals surface area contributed by atoms with Crippen molar-refractivity contribution in [3.63, 3.8) is 0 Å². The SMILES string of the molecule is CC(=O)c1c(C)oc(C[P+](c2ccccc2)(c2ccccc2)c2ccccc2)c1C(C)=O. The molecule has 0 radical (unpaired) electrons. The summed E-state index contributed by atoms with van der Waals surface area (Å²) in [5.41, 5.74) is 0.821. The fourth-order valence-corrected chi connectivity index (χ4v) is 8.63. The Hall–Kier alpha value is -3.29. The van der Waals surface area contributed by atoms with Crippen molar-refractivity contribution < 1.29 is 14.0 Å². The van der Waals surface area contributed by atoms with Gasteiger partial charge in [-0.1, -0.05) is 54.6 Å². The number of hydrogen-bond acceptors (Lipinski definition) is 3. The van der Waals surface area contributed by atoms with Crippen LogP contribution in [0.1, 0.15) is 46.1 Å². The van der Waals surface area contributed by atoms with Crippen LogP contribution in [0.3, 0.4) is 0 Å². The first-order valence-electron chi connectivity index (χ1n) is 10.6. The van der Waals surface area contributed by atoms with Gasteiger partial charge in [-0.3, -0.25) is 9.59 Å². The van der Waals surface area contributed by atoms with Gasteiger partial charge in [-0.15, -0.1) is 0 Å². The van der Waals surface area contributed by atoms with E-state index in [1.807, 2.05) is 18.2 Å². The number of benzene rings is 3. The Morgan fingerprint density at radius 3 is 1.38 bits per heavy atom. The Bertz CT molecular complexity index is 1150. The van der Waals surface area contributed by atoms with Crippen molar-refractivity contribution >= 4 is 34.7 Å². The van der Waals surface area contributed by atoms with Crippen LogP contribution in [0.2, 0.25) is 0 Å². The number of rotatable bonds is 7. The molecule has 0 fully saturated rings. The molecule has 0 saturated carbocycles. The van der Waals surface area contributed by atoms with Crippen molar-refractivity contribution in [1.29, 1.82) is 0 Å². The quantitative estimate of drug-likeness (QED) is 0.282. The summed E-state index contributed by atoms with van der Waals surface area (Å²) in [4.78, 5) is 25.1. The molecular formula is C28H26O3P+. The number of carbonyl (C=O) groups is 2. The Morgan fingerprint density at radius 1 is 0.656 bits per heavy atom. The van der Waals surface area contributed by atoms with Crippen LogP contribution in [0.5, 0.6) is 0 Å². The van der Waals surface area contributed by atoms with Crippen molar-refractivity contribution in [2.45, 2.75) is 26.9 Å². The van der Waals surface area contributed by atoms with Gasteiger partial charge in [-0.2, -0.15) is 0 Å². The maximum absolute atomic E-state index is 12.7. The predicted molar refractivity (Wildman–Crippen MR) is 132 cm³/mol. The van der Waals surface area contributed by atoms with E-state index >= 15 is 0 Å². The first-order chi connectivity index (χ1) is 15.4. The second-order valence-corrected chi connectivity index (χ2v) is 11.4. The van der Waals surface area contributed by atoms with E-state index in [1.54, 1.807) is 6.92 Å². The number of furan rings is 1. The van der Waals surface area contributed by atoms with Gasteiger partial charge >= 0.3 is 0 Å². The van der Waals surface area contributed by atoms with Crippen LogP contribution in [-0.4, -0.2) is 11.6 Å². The summed E-state index contributed by atoms with van der Waals surface area (Å²) in [6, 6.07) is 31.3. The molecule has 0 N–H and O–H groups in total. The number of aryl methyl sites for hydroxylation is 1. The Labute approximate surface area is 189 Å². The Morgan fingerprint density at radius 2 is 1.03 bits per heavy atom. The Balaban J connectivity index is 2.05. The van der Waals surface area contributed by atoms with E-state index in [-0.39, 0.29) is 11.6 Å². The van der Waals surface area contributed by atoms with Gasteiger partial charge in [-0.05, 0) is 57.2 Å². The number of hydrogen-bond donors (Lipinski definition) is 0. The van der Waals surface area contributed by atoms with Crippen LogP contribution in [0, 0.1) is 6.92 Å². The molecule has 0 bridgehead atoms. The summed E-state index contributed by atoms with van der Waals surface area (Å²) in [5.74, 6) is 0.801. The lowest BCUT2D eigenvalue weighted by molar-refractivity contribution is 0.0981. The fraction of sp³-hybridized carbons (Fsp3) is 0.143. The van der Waals surface area contributed by atoms with Gasteiger partial charge in [-0.25, -0.2) is 0 Å². The minimum absolute atomic E-state index is 0.144. The zero-order valence-corrected chi connectivity index (χ0v) is 19.4. The van der Waals surface area contributed by atoms with Gasteiger partial charge in [0.15, 0.2) is 17.3 Å². The van der Waals surface area contributed by atoms with E-state index in [0.717, 1.165) is 0 Å². The number of ketones is 2. The lowest BCUT2D eigenvalue weighted by Gasteiger charge is -2.27. The van der Waals surface area contributed by atoms with E-state index in [1.165, 1.54) is 29.8 Å². The molecule has 0 aliphatic rings. The maximum Gasteiger partial charge on any atom is 0.164 e. The van der Waals surface area contributed by atoms with Crippen molar-refractivity contribution in [2.24, 2.45) is 0 Å². The molecule has 0 saturated heterocycles. The van der Waals surface area contributed by atoms with Crippen molar-refractivity contribution in [3.05, 3.63) is 114 Å². The highest BCUT2D eigenvalue weighted by Crippen LogP contribution is 2.58. The van der Waals surface area contributed by atoms with E-state index in [0.29, 0.717) is 28.8 Å². The van der Waals surface area contributed by atoms with Gasteiger partial charge in [0.2, 0.25) is 0 Å². The zero-order chi connectivity index (χ0) is 22.7. The second kappa shape index (κ2) is 9.06. The van der Waals surface area contributed by atoms with Gasteiger partial charge in [0, 0.05) is 0 Å². The monoisotopic (exact) mass is 441 g/mol. The van der Waals surface area contributed by atoms with E-state index < -0.39 is 7.26 Å². The molecule has 4 aromatic rings. The third-order valence-electron chi connectivity index (χ3n) is 5.83. The summed E-state index contributed by atoms with van der Waals surface area (Å²) >= 11 is 0.